The molecule has 0 unspecified atom stereocenters. The van der Waals surface area contributed by atoms with Crippen LogP contribution in [0.25, 0.3) is 0 Å². The SMILES string of the molecule is N#Cc1ccc(Nc2c(NC=O)cccc2C2=NCCN2)cc1. The number of anilines is 3. The van der Waals surface area contributed by atoms with Crippen LogP contribution in [-0.4, -0.2) is 25.3 Å². The zero-order valence-electron chi connectivity index (χ0n) is 12.3. The molecule has 114 valence electrons. The quantitative estimate of drug-likeness (QED) is 0.739. The Kier molecular flexibility index (Phi) is 4.20. The number of carbonyl (C=O) groups excluding carboxylic acids is 1. The fraction of sp³-hybridized carbons (Fsp3) is 0.118. The molecular formula is C17H15N5O. The normalized spacial score (nSPS) is 12.7. The highest BCUT2D eigenvalue weighted by molar-refractivity contribution is 6.08. The Morgan fingerprint density at radius 3 is 2.70 bits per heavy atom. The predicted octanol–water partition coefficient (Wildman–Crippen LogP) is 2.22. The minimum absolute atomic E-state index is 0.594. The summed E-state index contributed by atoms with van der Waals surface area (Å²) in [5.74, 6) is 0.802. The number of nitriles is 1. The van der Waals surface area contributed by atoms with Gasteiger partial charge in [-0.3, -0.25) is 9.79 Å². The second-order valence-electron chi connectivity index (χ2n) is 4.96. The van der Waals surface area contributed by atoms with E-state index in [0.717, 1.165) is 35.9 Å². The average Bonchev–Trinajstić information content (AvgIpc) is 3.11. The molecule has 2 aromatic carbocycles. The molecular weight excluding hydrogens is 290 g/mol. The maximum Gasteiger partial charge on any atom is 0.211 e. The van der Waals surface area contributed by atoms with Gasteiger partial charge in [0.2, 0.25) is 6.41 Å². The van der Waals surface area contributed by atoms with Gasteiger partial charge in [-0.2, -0.15) is 5.26 Å². The number of benzene rings is 2. The standard InChI is InChI=1S/C17H15N5O/c18-10-12-4-6-13(7-5-12)22-16-14(17-19-8-9-20-17)2-1-3-15(16)21-11-23/h1-7,11,22H,8-9H2,(H,19,20)(H,21,23). The molecule has 2 aromatic rings. The number of carbonyl (C=O) groups is 1. The molecule has 1 aliphatic rings. The van der Waals surface area contributed by atoms with Crippen LogP contribution in [0.5, 0.6) is 0 Å². The molecule has 6 nitrogen and oxygen atoms in total. The first-order valence-electron chi connectivity index (χ1n) is 7.21. The highest BCUT2D eigenvalue weighted by Gasteiger charge is 2.15. The summed E-state index contributed by atoms with van der Waals surface area (Å²) in [6, 6.07) is 14.8. The van der Waals surface area contributed by atoms with Crippen LogP contribution in [0.1, 0.15) is 11.1 Å². The number of amides is 1. The molecule has 1 aliphatic heterocycles. The molecule has 0 atom stereocenters. The van der Waals surface area contributed by atoms with Gasteiger partial charge < -0.3 is 16.0 Å². The molecule has 1 heterocycles. The van der Waals surface area contributed by atoms with Gasteiger partial charge in [-0.15, -0.1) is 0 Å². The lowest BCUT2D eigenvalue weighted by Gasteiger charge is -2.16. The fourth-order valence-electron chi connectivity index (χ4n) is 2.42. The van der Waals surface area contributed by atoms with E-state index < -0.39 is 0 Å². The summed E-state index contributed by atoms with van der Waals surface area (Å²) in [5, 5.41) is 18.1. The number of aliphatic imine (C=N–C) groups is 1. The van der Waals surface area contributed by atoms with Crippen molar-refractivity contribution in [2.75, 3.05) is 23.7 Å². The number of hydrogen-bond acceptors (Lipinski definition) is 5. The number of rotatable bonds is 5. The maximum atomic E-state index is 10.9. The zero-order chi connectivity index (χ0) is 16.1. The van der Waals surface area contributed by atoms with Gasteiger partial charge in [-0.1, -0.05) is 6.07 Å². The monoisotopic (exact) mass is 305 g/mol. The first kappa shape index (κ1) is 14.6. The van der Waals surface area contributed by atoms with Gasteiger partial charge in [-0.05, 0) is 36.4 Å². The number of nitrogens with one attached hydrogen (secondary N) is 3. The molecule has 0 bridgehead atoms. The van der Waals surface area contributed by atoms with Gasteiger partial charge in [0.25, 0.3) is 0 Å². The third-order valence-electron chi connectivity index (χ3n) is 3.49. The summed E-state index contributed by atoms with van der Waals surface area (Å²) in [4.78, 5) is 15.3. The first-order chi connectivity index (χ1) is 11.3. The lowest BCUT2D eigenvalue weighted by atomic mass is 10.1. The van der Waals surface area contributed by atoms with Crippen molar-refractivity contribution in [3.05, 3.63) is 53.6 Å². The summed E-state index contributed by atoms with van der Waals surface area (Å²) in [6.45, 7) is 1.54. The first-order valence-corrected chi connectivity index (χ1v) is 7.21. The summed E-state index contributed by atoms with van der Waals surface area (Å²) in [6.07, 6.45) is 0.646. The van der Waals surface area contributed by atoms with Gasteiger partial charge in [-0.25, -0.2) is 0 Å². The Bertz CT molecular complexity index is 790. The minimum atomic E-state index is 0.594. The fourth-order valence-corrected chi connectivity index (χ4v) is 2.42. The van der Waals surface area contributed by atoms with Gasteiger partial charge in [0.15, 0.2) is 0 Å². The third-order valence-corrected chi connectivity index (χ3v) is 3.49. The van der Waals surface area contributed by atoms with Crippen molar-refractivity contribution in [1.29, 1.82) is 5.26 Å². The van der Waals surface area contributed by atoms with Crippen molar-refractivity contribution in [1.82, 2.24) is 5.32 Å². The summed E-state index contributed by atoms with van der Waals surface area (Å²) >= 11 is 0. The van der Waals surface area contributed by atoms with E-state index in [0.29, 0.717) is 17.7 Å². The molecule has 0 saturated carbocycles. The topological polar surface area (TPSA) is 89.3 Å². The molecule has 0 aliphatic carbocycles. The van der Waals surface area contributed by atoms with E-state index in [2.05, 4.69) is 27.0 Å². The van der Waals surface area contributed by atoms with Crippen LogP contribution in [0.3, 0.4) is 0 Å². The van der Waals surface area contributed by atoms with Crippen molar-refractivity contribution >= 4 is 29.3 Å². The Morgan fingerprint density at radius 2 is 2.04 bits per heavy atom. The molecule has 23 heavy (non-hydrogen) atoms. The number of amidine groups is 1. The van der Waals surface area contributed by atoms with E-state index in [-0.39, 0.29) is 0 Å². The van der Waals surface area contributed by atoms with Crippen LogP contribution in [-0.2, 0) is 4.79 Å². The second-order valence-corrected chi connectivity index (χ2v) is 4.96. The van der Waals surface area contributed by atoms with E-state index in [1.807, 2.05) is 30.3 Å². The van der Waals surface area contributed by atoms with Crippen LogP contribution in [0, 0.1) is 11.3 Å². The van der Waals surface area contributed by atoms with Crippen LogP contribution in [0.15, 0.2) is 47.5 Å². The van der Waals surface area contributed by atoms with Crippen molar-refractivity contribution < 1.29 is 4.79 Å². The van der Waals surface area contributed by atoms with Crippen LogP contribution < -0.4 is 16.0 Å². The Balaban J connectivity index is 2.00. The highest BCUT2D eigenvalue weighted by Crippen LogP contribution is 2.30. The smallest absolute Gasteiger partial charge is 0.211 e. The molecule has 1 amide bonds. The van der Waals surface area contributed by atoms with Crippen molar-refractivity contribution in [3.63, 3.8) is 0 Å². The Morgan fingerprint density at radius 1 is 1.22 bits per heavy atom. The summed E-state index contributed by atoms with van der Waals surface area (Å²) in [7, 11) is 0. The van der Waals surface area contributed by atoms with Crippen LogP contribution in [0.2, 0.25) is 0 Å². The molecule has 0 saturated heterocycles. The van der Waals surface area contributed by atoms with Crippen LogP contribution >= 0.6 is 0 Å². The molecule has 0 fully saturated rings. The van der Waals surface area contributed by atoms with Gasteiger partial charge in [0.1, 0.15) is 5.84 Å². The van der Waals surface area contributed by atoms with Gasteiger partial charge in [0.05, 0.1) is 29.6 Å². The highest BCUT2D eigenvalue weighted by atomic mass is 16.1. The van der Waals surface area contributed by atoms with Crippen LogP contribution in [0.4, 0.5) is 17.1 Å². The predicted molar refractivity (Wildman–Crippen MR) is 90.0 cm³/mol. The van der Waals surface area contributed by atoms with Gasteiger partial charge in [0, 0.05) is 17.8 Å². The largest absolute Gasteiger partial charge is 0.368 e. The van der Waals surface area contributed by atoms with E-state index in [4.69, 9.17) is 5.26 Å². The van der Waals surface area contributed by atoms with Gasteiger partial charge >= 0.3 is 0 Å². The van der Waals surface area contributed by atoms with Crippen molar-refractivity contribution in [3.8, 4) is 6.07 Å². The number of para-hydroxylation sites is 1. The number of nitrogens with zero attached hydrogens (tertiary/aromatic N) is 2. The Hall–Kier alpha value is -3.33. The summed E-state index contributed by atoms with van der Waals surface area (Å²) in [5.41, 5.74) is 3.73. The minimum Gasteiger partial charge on any atom is -0.368 e. The summed E-state index contributed by atoms with van der Waals surface area (Å²) < 4.78 is 0. The molecule has 3 N–H and O–H groups in total. The molecule has 0 spiro atoms. The zero-order valence-corrected chi connectivity index (χ0v) is 12.3. The maximum absolute atomic E-state index is 10.9. The van der Waals surface area contributed by atoms with Crippen molar-refractivity contribution in [2.45, 2.75) is 0 Å². The van der Waals surface area contributed by atoms with E-state index in [9.17, 15) is 4.79 Å². The number of hydrogen-bond donors (Lipinski definition) is 3. The second kappa shape index (κ2) is 6.62. The lowest BCUT2D eigenvalue weighted by molar-refractivity contribution is -0.105. The lowest BCUT2D eigenvalue weighted by Crippen LogP contribution is -2.21. The van der Waals surface area contributed by atoms with E-state index in [1.165, 1.54) is 0 Å². The average molecular weight is 305 g/mol. The van der Waals surface area contributed by atoms with E-state index in [1.54, 1.807) is 12.1 Å². The molecule has 0 aromatic heterocycles. The molecule has 3 rings (SSSR count). The van der Waals surface area contributed by atoms with E-state index >= 15 is 0 Å². The molecule has 6 heteroatoms. The molecule has 0 radical (unpaired) electrons. The Labute approximate surface area is 133 Å². The van der Waals surface area contributed by atoms with Crippen molar-refractivity contribution in [2.24, 2.45) is 4.99 Å². The third kappa shape index (κ3) is 3.14.